The van der Waals surface area contributed by atoms with Crippen LogP contribution in [0.3, 0.4) is 0 Å². The lowest BCUT2D eigenvalue weighted by atomic mass is 10.0. The first-order chi connectivity index (χ1) is 13.3. The largest absolute Gasteiger partial charge is 0.391 e. The molecule has 27 heavy (non-hydrogen) atoms. The van der Waals surface area contributed by atoms with Crippen LogP contribution in [0, 0.1) is 0 Å². The number of thioether (sulfide) groups is 1. The normalized spacial score (nSPS) is 16.9. The zero-order chi connectivity index (χ0) is 18.9. The molecule has 1 atom stereocenters. The number of nitrogens with zero attached hydrogens (tertiary/aromatic N) is 2. The predicted octanol–water partition coefficient (Wildman–Crippen LogP) is 4.44. The van der Waals surface area contributed by atoms with Gasteiger partial charge in [0.1, 0.15) is 6.61 Å². The zero-order valence-corrected chi connectivity index (χ0v) is 17.0. The smallest absolute Gasteiger partial charge is 0.142 e. The van der Waals surface area contributed by atoms with E-state index in [4.69, 9.17) is 9.57 Å². The van der Waals surface area contributed by atoms with E-state index in [0.29, 0.717) is 12.6 Å². The molecule has 1 saturated heterocycles. The first-order valence-electron chi connectivity index (χ1n) is 9.45. The summed E-state index contributed by atoms with van der Waals surface area (Å²) < 4.78 is 5.48. The molecule has 144 valence electrons. The van der Waals surface area contributed by atoms with E-state index in [1.165, 1.54) is 4.90 Å². The molecule has 2 aromatic carbocycles. The molecule has 0 spiro atoms. The van der Waals surface area contributed by atoms with Gasteiger partial charge in [-0.2, -0.15) is 0 Å². The quantitative estimate of drug-likeness (QED) is 0.383. The summed E-state index contributed by atoms with van der Waals surface area (Å²) in [4.78, 5) is 9.44. The lowest BCUT2D eigenvalue weighted by Gasteiger charge is -2.32. The molecule has 1 unspecified atom stereocenters. The first kappa shape index (κ1) is 19.9. The molecule has 0 saturated carbocycles. The predicted molar refractivity (Wildman–Crippen MR) is 112 cm³/mol. The maximum absolute atomic E-state index is 5.72. The number of rotatable bonds is 8. The monoisotopic (exact) mass is 384 g/mol. The number of benzene rings is 2. The van der Waals surface area contributed by atoms with E-state index in [0.717, 1.165) is 49.6 Å². The molecule has 1 aliphatic rings. The molecule has 1 aliphatic heterocycles. The van der Waals surface area contributed by atoms with Crippen LogP contribution in [0.4, 0.5) is 0 Å². The highest BCUT2D eigenvalue weighted by molar-refractivity contribution is 7.98. The van der Waals surface area contributed by atoms with Crippen molar-refractivity contribution in [1.29, 1.82) is 0 Å². The van der Waals surface area contributed by atoms with Gasteiger partial charge in [-0.05, 0) is 36.4 Å². The third-order valence-electron chi connectivity index (χ3n) is 4.83. The second kappa shape index (κ2) is 10.5. The summed E-state index contributed by atoms with van der Waals surface area (Å²) in [5.41, 5.74) is 3.25. The maximum Gasteiger partial charge on any atom is 0.142 e. The van der Waals surface area contributed by atoms with Crippen molar-refractivity contribution in [2.24, 2.45) is 5.16 Å². The standard InChI is InChI=1S/C22H28N2O2S/c1-18(24-12-14-25-15-13-24)16-22(20-8-10-21(27-2)11-9-20)23-26-17-19-6-4-3-5-7-19/h3-11,18H,12-17H2,1-2H3. The molecule has 3 rings (SSSR count). The molecule has 0 N–H and O–H groups in total. The van der Waals surface area contributed by atoms with E-state index in [1.807, 2.05) is 18.2 Å². The second-order valence-electron chi connectivity index (χ2n) is 6.73. The fourth-order valence-corrected chi connectivity index (χ4v) is 3.59. The van der Waals surface area contributed by atoms with Crippen molar-refractivity contribution in [3.05, 3.63) is 65.7 Å². The lowest BCUT2D eigenvalue weighted by Crippen LogP contribution is -2.43. The number of morpholine rings is 1. The highest BCUT2D eigenvalue weighted by atomic mass is 32.2. The molecule has 5 heteroatoms. The van der Waals surface area contributed by atoms with Crippen molar-refractivity contribution in [2.75, 3.05) is 32.6 Å². The Bertz CT molecular complexity index is 713. The topological polar surface area (TPSA) is 34.1 Å². The zero-order valence-electron chi connectivity index (χ0n) is 16.1. The Kier molecular flexibility index (Phi) is 7.75. The van der Waals surface area contributed by atoms with Crippen LogP contribution in [0.5, 0.6) is 0 Å². The van der Waals surface area contributed by atoms with Crippen molar-refractivity contribution >= 4 is 17.5 Å². The van der Waals surface area contributed by atoms with Crippen molar-refractivity contribution in [2.45, 2.75) is 30.9 Å². The fraction of sp³-hybridized carbons (Fsp3) is 0.409. The summed E-state index contributed by atoms with van der Waals surface area (Å²) in [5, 5.41) is 4.53. The molecule has 4 nitrogen and oxygen atoms in total. The summed E-state index contributed by atoms with van der Waals surface area (Å²) in [6.07, 6.45) is 2.95. The van der Waals surface area contributed by atoms with Gasteiger partial charge >= 0.3 is 0 Å². The van der Waals surface area contributed by atoms with Gasteiger partial charge in [-0.25, -0.2) is 0 Å². The van der Waals surface area contributed by atoms with E-state index in [9.17, 15) is 0 Å². The van der Waals surface area contributed by atoms with Crippen LogP contribution in [0.1, 0.15) is 24.5 Å². The van der Waals surface area contributed by atoms with Crippen molar-refractivity contribution in [3.8, 4) is 0 Å². The number of hydrogen-bond acceptors (Lipinski definition) is 5. The second-order valence-corrected chi connectivity index (χ2v) is 7.61. The van der Waals surface area contributed by atoms with Gasteiger partial charge in [-0.1, -0.05) is 47.6 Å². The average molecular weight is 385 g/mol. The molecule has 0 aliphatic carbocycles. The number of oxime groups is 1. The summed E-state index contributed by atoms with van der Waals surface area (Å²) in [6.45, 7) is 6.32. The minimum Gasteiger partial charge on any atom is -0.391 e. The molecule has 0 bridgehead atoms. The molecule has 1 fully saturated rings. The number of ether oxygens (including phenoxy) is 1. The van der Waals surface area contributed by atoms with E-state index in [2.05, 4.69) is 59.6 Å². The van der Waals surface area contributed by atoms with Crippen LogP contribution in [-0.2, 0) is 16.2 Å². The fourth-order valence-electron chi connectivity index (χ4n) is 3.18. The average Bonchev–Trinajstić information content (AvgIpc) is 2.74. The first-order valence-corrected chi connectivity index (χ1v) is 10.7. The molecule has 1 heterocycles. The summed E-state index contributed by atoms with van der Waals surface area (Å²) in [7, 11) is 0. The van der Waals surface area contributed by atoms with Crippen LogP contribution < -0.4 is 0 Å². The van der Waals surface area contributed by atoms with E-state index in [1.54, 1.807) is 11.8 Å². The van der Waals surface area contributed by atoms with Crippen LogP contribution in [-0.4, -0.2) is 49.2 Å². The molecular weight excluding hydrogens is 356 g/mol. The third-order valence-corrected chi connectivity index (χ3v) is 5.57. The van der Waals surface area contributed by atoms with Gasteiger partial charge in [0.15, 0.2) is 0 Å². The lowest BCUT2D eigenvalue weighted by molar-refractivity contribution is 0.0214. The van der Waals surface area contributed by atoms with Gasteiger partial charge < -0.3 is 9.57 Å². The van der Waals surface area contributed by atoms with Gasteiger partial charge in [-0.3, -0.25) is 4.90 Å². The molecule has 0 amide bonds. The van der Waals surface area contributed by atoms with Crippen molar-refractivity contribution < 1.29 is 9.57 Å². The van der Waals surface area contributed by atoms with Gasteiger partial charge in [0, 0.05) is 30.4 Å². The minimum atomic E-state index is 0.396. The van der Waals surface area contributed by atoms with Gasteiger partial charge in [0.25, 0.3) is 0 Å². The summed E-state index contributed by atoms with van der Waals surface area (Å²) in [6, 6.07) is 19.1. The SMILES string of the molecule is CSc1ccc(C(CC(C)N2CCOCC2)=NOCc2ccccc2)cc1. The van der Waals surface area contributed by atoms with Crippen LogP contribution in [0.25, 0.3) is 0 Å². The maximum atomic E-state index is 5.72. The summed E-state index contributed by atoms with van der Waals surface area (Å²) in [5.74, 6) is 0. The van der Waals surface area contributed by atoms with Crippen LogP contribution in [0.15, 0.2) is 64.6 Å². The summed E-state index contributed by atoms with van der Waals surface area (Å²) >= 11 is 1.75. The molecule has 2 aromatic rings. The van der Waals surface area contributed by atoms with Gasteiger partial charge in [-0.15, -0.1) is 11.8 Å². The van der Waals surface area contributed by atoms with E-state index >= 15 is 0 Å². The highest BCUT2D eigenvalue weighted by Crippen LogP contribution is 2.18. The Labute approximate surface area is 166 Å². The van der Waals surface area contributed by atoms with Gasteiger partial charge in [0.2, 0.25) is 0 Å². The van der Waals surface area contributed by atoms with Crippen LogP contribution >= 0.6 is 11.8 Å². The molecule has 0 radical (unpaired) electrons. The van der Waals surface area contributed by atoms with Crippen molar-refractivity contribution in [3.63, 3.8) is 0 Å². The van der Waals surface area contributed by atoms with E-state index in [-0.39, 0.29) is 0 Å². The molecular formula is C22H28N2O2S. The van der Waals surface area contributed by atoms with Crippen molar-refractivity contribution in [1.82, 2.24) is 4.90 Å². The van der Waals surface area contributed by atoms with Gasteiger partial charge in [0.05, 0.1) is 18.9 Å². The number of hydrogen-bond donors (Lipinski definition) is 0. The highest BCUT2D eigenvalue weighted by Gasteiger charge is 2.20. The Morgan fingerprint density at radius 1 is 1.11 bits per heavy atom. The Morgan fingerprint density at radius 3 is 2.48 bits per heavy atom. The molecule has 0 aromatic heterocycles. The Balaban J connectivity index is 1.71. The van der Waals surface area contributed by atoms with E-state index < -0.39 is 0 Å². The van der Waals surface area contributed by atoms with Crippen LogP contribution in [0.2, 0.25) is 0 Å². The Morgan fingerprint density at radius 2 is 1.81 bits per heavy atom. The third kappa shape index (κ3) is 6.09. The Hall–Kier alpha value is -1.82. The minimum absolute atomic E-state index is 0.396.